The zero-order valence-corrected chi connectivity index (χ0v) is 19.2. The average molecular weight is 482 g/mol. The van der Waals surface area contributed by atoms with Crippen molar-refractivity contribution < 1.29 is 14.6 Å². The van der Waals surface area contributed by atoms with Crippen molar-refractivity contribution in [1.29, 1.82) is 0 Å². The first-order chi connectivity index (χ1) is 17.4. The summed E-state index contributed by atoms with van der Waals surface area (Å²) in [6, 6.07) is 21.1. The third-order valence-electron chi connectivity index (χ3n) is 6.57. The van der Waals surface area contributed by atoms with Crippen LogP contribution in [0.5, 0.6) is 0 Å². The van der Waals surface area contributed by atoms with Crippen LogP contribution in [0, 0.1) is 26.1 Å². The maximum atomic E-state index is 13.6. The van der Waals surface area contributed by atoms with Gasteiger partial charge in [0.2, 0.25) is 0 Å². The summed E-state index contributed by atoms with van der Waals surface area (Å²) < 4.78 is 0. The molecule has 2 aliphatic rings. The predicted molar refractivity (Wildman–Crippen MR) is 134 cm³/mol. The van der Waals surface area contributed by atoms with Crippen LogP contribution in [0.1, 0.15) is 46.8 Å². The lowest BCUT2D eigenvalue weighted by Crippen LogP contribution is -2.32. The number of hydrazone groups is 1. The van der Waals surface area contributed by atoms with E-state index in [4.69, 9.17) is 5.10 Å². The number of allylic oxidation sites excluding steroid dienone is 1. The Kier molecular flexibility index (Phi) is 6.12. The van der Waals surface area contributed by atoms with Crippen LogP contribution in [0.25, 0.3) is 6.08 Å². The summed E-state index contributed by atoms with van der Waals surface area (Å²) in [6.45, 7) is 0. The van der Waals surface area contributed by atoms with E-state index >= 15 is 0 Å². The van der Waals surface area contributed by atoms with Crippen LogP contribution >= 0.6 is 0 Å². The lowest BCUT2D eigenvalue weighted by molar-refractivity contribution is -0.385. The summed E-state index contributed by atoms with van der Waals surface area (Å²) in [5.41, 5.74) is 3.41. The first kappa shape index (κ1) is 23.1. The number of carbonyl (C=O) groups excluding carboxylic acids is 1. The van der Waals surface area contributed by atoms with Crippen molar-refractivity contribution in [2.75, 3.05) is 0 Å². The van der Waals surface area contributed by atoms with Gasteiger partial charge in [0.1, 0.15) is 0 Å². The number of non-ortho nitro benzene ring substituents is 2. The molecule has 0 spiro atoms. The number of nitrogens with zero attached hydrogens (tertiary/aromatic N) is 4. The number of benzene rings is 3. The Morgan fingerprint density at radius 2 is 1.61 bits per heavy atom. The van der Waals surface area contributed by atoms with Gasteiger partial charge in [0.25, 0.3) is 17.3 Å². The lowest BCUT2D eigenvalue weighted by Gasteiger charge is -2.29. The van der Waals surface area contributed by atoms with E-state index in [1.807, 2.05) is 12.1 Å². The van der Waals surface area contributed by atoms with Crippen LogP contribution in [0.2, 0.25) is 0 Å². The topological polar surface area (TPSA) is 119 Å². The van der Waals surface area contributed by atoms with Gasteiger partial charge in [-0.2, -0.15) is 5.10 Å². The summed E-state index contributed by atoms with van der Waals surface area (Å²) in [5.74, 6) is -0.443. The number of nitro groups is 2. The summed E-state index contributed by atoms with van der Waals surface area (Å²) in [6.07, 6.45) is 4.20. The molecule has 1 heterocycles. The first-order valence-corrected chi connectivity index (χ1v) is 11.6. The second-order valence-corrected chi connectivity index (χ2v) is 8.82. The van der Waals surface area contributed by atoms with Crippen LogP contribution < -0.4 is 0 Å². The van der Waals surface area contributed by atoms with E-state index in [0.717, 1.165) is 24.1 Å². The van der Waals surface area contributed by atoms with E-state index in [0.29, 0.717) is 23.1 Å². The molecular weight excluding hydrogens is 460 g/mol. The molecule has 1 fully saturated rings. The normalized spacial score (nSPS) is 20.1. The number of nitro benzene ring substituents is 2. The van der Waals surface area contributed by atoms with E-state index in [2.05, 4.69) is 0 Å². The van der Waals surface area contributed by atoms with Crippen molar-refractivity contribution in [3.8, 4) is 0 Å². The molecule has 5 rings (SSSR count). The molecule has 180 valence electrons. The number of hydrogen-bond acceptors (Lipinski definition) is 6. The predicted octanol–water partition coefficient (Wildman–Crippen LogP) is 5.94. The summed E-state index contributed by atoms with van der Waals surface area (Å²) in [7, 11) is 0. The van der Waals surface area contributed by atoms with Crippen LogP contribution in [-0.2, 0) is 0 Å². The second-order valence-electron chi connectivity index (χ2n) is 8.82. The number of hydrogen-bond donors (Lipinski definition) is 0. The fraction of sp³-hybridized carbons (Fsp3) is 0.185. The highest BCUT2D eigenvalue weighted by molar-refractivity contribution is 6.09. The molecule has 0 saturated heterocycles. The quantitative estimate of drug-likeness (QED) is 0.329. The molecule has 1 aliphatic carbocycles. The fourth-order valence-electron chi connectivity index (χ4n) is 4.97. The molecule has 1 aliphatic heterocycles. The van der Waals surface area contributed by atoms with Gasteiger partial charge >= 0.3 is 0 Å². The molecule has 0 unspecified atom stereocenters. The van der Waals surface area contributed by atoms with Gasteiger partial charge in [-0.15, -0.1) is 0 Å². The Labute approximate surface area is 206 Å². The van der Waals surface area contributed by atoms with Gasteiger partial charge in [-0.3, -0.25) is 25.0 Å². The van der Waals surface area contributed by atoms with E-state index in [-0.39, 0.29) is 23.2 Å². The molecule has 3 aromatic rings. The monoisotopic (exact) mass is 482 g/mol. The largest absolute Gasteiger partial charge is 0.274 e. The zero-order valence-electron chi connectivity index (χ0n) is 19.2. The fourth-order valence-corrected chi connectivity index (χ4v) is 4.97. The molecule has 36 heavy (non-hydrogen) atoms. The zero-order chi connectivity index (χ0) is 25.2. The summed E-state index contributed by atoms with van der Waals surface area (Å²) >= 11 is 0. The second kappa shape index (κ2) is 9.53. The number of carbonyl (C=O) groups is 1. The van der Waals surface area contributed by atoms with Gasteiger partial charge in [0.05, 0.1) is 21.6 Å². The molecule has 0 N–H and O–H groups in total. The van der Waals surface area contributed by atoms with Crippen molar-refractivity contribution in [3.05, 3.63) is 121 Å². The number of fused-ring (bicyclic) bond motifs is 1. The minimum absolute atomic E-state index is 0.000392. The van der Waals surface area contributed by atoms with Gasteiger partial charge in [0, 0.05) is 35.7 Å². The van der Waals surface area contributed by atoms with Crippen LogP contribution in [0.15, 0.2) is 89.5 Å². The van der Waals surface area contributed by atoms with Gasteiger partial charge in [-0.25, -0.2) is 5.01 Å². The molecule has 3 aromatic carbocycles. The van der Waals surface area contributed by atoms with E-state index < -0.39 is 15.9 Å². The highest BCUT2D eigenvalue weighted by Gasteiger charge is 2.44. The summed E-state index contributed by atoms with van der Waals surface area (Å²) in [4.78, 5) is 35.4. The van der Waals surface area contributed by atoms with Gasteiger partial charge in [-0.1, -0.05) is 42.5 Å². The molecule has 0 aromatic heterocycles. The van der Waals surface area contributed by atoms with Gasteiger partial charge in [-0.05, 0) is 54.2 Å². The van der Waals surface area contributed by atoms with Crippen molar-refractivity contribution in [2.45, 2.75) is 25.3 Å². The summed E-state index contributed by atoms with van der Waals surface area (Å²) in [5, 5.41) is 28.9. The van der Waals surface area contributed by atoms with Crippen molar-refractivity contribution >= 4 is 29.1 Å². The van der Waals surface area contributed by atoms with Gasteiger partial charge in [0.15, 0.2) is 0 Å². The first-order valence-electron chi connectivity index (χ1n) is 11.6. The third-order valence-corrected chi connectivity index (χ3v) is 6.57. The minimum atomic E-state index is -0.499. The van der Waals surface area contributed by atoms with Crippen LogP contribution in [0.4, 0.5) is 11.4 Å². The Bertz CT molecular complexity index is 1420. The average Bonchev–Trinajstić information content (AvgIpc) is 3.29. The van der Waals surface area contributed by atoms with Crippen molar-refractivity contribution in [2.24, 2.45) is 11.0 Å². The molecule has 9 heteroatoms. The van der Waals surface area contributed by atoms with Gasteiger partial charge < -0.3 is 0 Å². The maximum Gasteiger partial charge on any atom is 0.274 e. The van der Waals surface area contributed by atoms with E-state index in [9.17, 15) is 25.0 Å². The van der Waals surface area contributed by atoms with Crippen LogP contribution in [-0.4, -0.2) is 26.5 Å². The number of rotatable bonds is 5. The molecule has 1 saturated carbocycles. The maximum absolute atomic E-state index is 13.6. The highest BCUT2D eigenvalue weighted by atomic mass is 16.6. The Hall–Kier alpha value is -4.66. The number of amides is 1. The molecule has 2 atom stereocenters. The van der Waals surface area contributed by atoms with Crippen molar-refractivity contribution in [1.82, 2.24) is 5.01 Å². The molecular formula is C27H22N4O5. The van der Waals surface area contributed by atoms with Crippen LogP contribution in [0.3, 0.4) is 0 Å². The molecule has 0 bridgehead atoms. The molecule has 1 amide bonds. The van der Waals surface area contributed by atoms with E-state index in [1.54, 1.807) is 48.5 Å². The van der Waals surface area contributed by atoms with Crippen molar-refractivity contribution in [3.63, 3.8) is 0 Å². The Balaban J connectivity index is 1.59. The Morgan fingerprint density at radius 3 is 2.33 bits per heavy atom. The lowest BCUT2D eigenvalue weighted by atomic mass is 9.77. The van der Waals surface area contributed by atoms with E-state index in [1.165, 1.54) is 29.3 Å². The SMILES string of the molecule is O=C(c1ccccc1)N1N=C2/C(=C/c3cccc([N+](=O)[O-])c3)CCC[C@H]2[C@H]1c1cccc([N+](=O)[O-])c1. The highest BCUT2D eigenvalue weighted by Crippen LogP contribution is 2.45. The third kappa shape index (κ3) is 4.38. The minimum Gasteiger partial charge on any atom is -0.267 e. The Morgan fingerprint density at radius 1 is 0.917 bits per heavy atom. The molecule has 9 nitrogen and oxygen atoms in total. The molecule has 0 radical (unpaired) electrons. The standard InChI is InChI=1S/C27H22N4O5/c32-27(19-8-2-1-3-9-19)29-26(21-11-5-13-23(17-21)31(35)36)24-14-6-10-20(25(24)28-29)15-18-7-4-12-22(16-18)30(33)34/h1-5,7-9,11-13,15-17,24,26H,6,10,14H2/b20-15+/t24-,26-/m1/s1. The smallest absolute Gasteiger partial charge is 0.267 e.